The highest BCUT2D eigenvalue weighted by Gasteiger charge is 2.33. The normalized spacial score (nSPS) is 12.6. The second-order valence-corrected chi connectivity index (χ2v) is 8.50. The summed E-state index contributed by atoms with van der Waals surface area (Å²) in [5.41, 5.74) is 0. The van der Waals surface area contributed by atoms with Gasteiger partial charge in [-0.05, 0) is 6.42 Å². The van der Waals surface area contributed by atoms with Crippen molar-refractivity contribution in [3.8, 4) is 0 Å². The molecule has 0 aliphatic rings. The van der Waals surface area contributed by atoms with Crippen LogP contribution in [-0.4, -0.2) is 21.5 Å². The number of unbranched alkanes of at least 4 members (excludes halogenated alkanes) is 2. The highest BCUT2D eigenvalue weighted by atomic mass is 35.6. The van der Waals surface area contributed by atoms with Crippen molar-refractivity contribution in [2.24, 2.45) is 0 Å². The van der Waals surface area contributed by atoms with Gasteiger partial charge in [0, 0.05) is 6.54 Å². The molecular weight excluding hydrogens is 389 g/mol. The molecule has 1 rings (SSSR count). The molecule has 0 radical (unpaired) electrons. The minimum atomic E-state index is -1.83. The number of nitrogens with zero attached hydrogens (tertiary/aromatic N) is 3. The van der Waals surface area contributed by atoms with Crippen molar-refractivity contribution in [3.05, 3.63) is 11.6 Å². The Morgan fingerprint density at radius 1 is 0.850 bits per heavy atom. The van der Waals surface area contributed by atoms with Gasteiger partial charge in [0.05, 0.1) is 0 Å². The van der Waals surface area contributed by atoms with Gasteiger partial charge in [0.25, 0.3) is 0 Å². The van der Waals surface area contributed by atoms with Gasteiger partial charge < -0.3 is 5.32 Å². The van der Waals surface area contributed by atoms with Gasteiger partial charge in [-0.15, -0.1) is 0 Å². The Hall–Kier alpha value is 0.550. The summed E-state index contributed by atoms with van der Waals surface area (Å²) in [4.78, 5) is 11.9. The number of aromatic nitrogens is 3. The molecule has 1 N–H and O–H groups in total. The van der Waals surface area contributed by atoms with Crippen LogP contribution in [0.25, 0.3) is 0 Å². The number of rotatable bonds is 5. The van der Waals surface area contributed by atoms with Crippen LogP contribution >= 0.6 is 69.6 Å². The van der Waals surface area contributed by atoms with E-state index < -0.39 is 7.59 Å². The number of alkyl halides is 6. The van der Waals surface area contributed by atoms with Crippen LogP contribution in [0.5, 0.6) is 0 Å². The van der Waals surface area contributed by atoms with Crippen LogP contribution in [0, 0.1) is 0 Å². The first-order valence-corrected chi connectivity index (χ1v) is 8.05. The van der Waals surface area contributed by atoms with Gasteiger partial charge in [0.1, 0.15) is 0 Å². The first-order valence-electron chi connectivity index (χ1n) is 5.79. The van der Waals surface area contributed by atoms with E-state index >= 15 is 0 Å². The second-order valence-electron chi connectivity index (χ2n) is 3.94. The van der Waals surface area contributed by atoms with Crippen molar-refractivity contribution < 1.29 is 0 Å². The van der Waals surface area contributed by atoms with Crippen LogP contribution in [0.1, 0.15) is 37.8 Å². The van der Waals surface area contributed by atoms with Gasteiger partial charge in [0.15, 0.2) is 11.6 Å². The van der Waals surface area contributed by atoms with Crippen molar-refractivity contribution in [3.63, 3.8) is 0 Å². The summed E-state index contributed by atoms with van der Waals surface area (Å²) in [5, 5.41) is 2.99. The molecule has 0 fully saturated rings. The molecule has 1 heterocycles. The molecule has 0 saturated heterocycles. The molecule has 0 atom stereocenters. The maximum Gasteiger partial charge on any atom is 0.250 e. The Kier molecular flexibility index (Phi) is 7.16. The van der Waals surface area contributed by atoms with Crippen molar-refractivity contribution in [1.82, 2.24) is 15.0 Å². The van der Waals surface area contributed by atoms with Crippen LogP contribution in [0.15, 0.2) is 0 Å². The highest BCUT2D eigenvalue weighted by Crippen LogP contribution is 2.40. The third kappa shape index (κ3) is 6.12. The molecule has 0 spiro atoms. The molecule has 20 heavy (non-hydrogen) atoms. The zero-order valence-electron chi connectivity index (χ0n) is 10.4. The minimum absolute atomic E-state index is 0.100. The summed E-state index contributed by atoms with van der Waals surface area (Å²) < 4.78 is -3.65. The predicted octanol–water partition coefficient (Wildman–Crippen LogP) is 5.13. The molecule has 0 aliphatic carbocycles. The smallest absolute Gasteiger partial charge is 0.250 e. The third-order valence-electron chi connectivity index (χ3n) is 2.21. The summed E-state index contributed by atoms with van der Waals surface area (Å²) in [6, 6.07) is 0. The Morgan fingerprint density at radius 3 is 1.75 bits per heavy atom. The zero-order valence-corrected chi connectivity index (χ0v) is 15.0. The van der Waals surface area contributed by atoms with Crippen molar-refractivity contribution in [2.75, 3.05) is 11.9 Å². The van der Waals surface area contributed by atoms with E-state index in [-0.39, 0.29) is 17.6 Å². The van der Waals surface area contributed by atoms with E-state index in [0.717, 1.165) is 19.3 Å². The summed E-state index contributed by atoms with van der Waals surface area (Å²) >= 11 is 34.5. The summed E-state index contributed by atoms with van der Waals surface area (Å²) in [6.07, 6.45) is 3.12. The van der Waals surface area contributed by atoms with Gasteiger partial charge in [-0.1, -0.05) is 89.4 Å². The fourth-order valence-electron chi connectivity index (χ4n) is 1.28. The maximum absolute atomic E-state index is 5.76. The molecule has 0 aliphatic heterocycles. The molecule has 4 nitrogen and oxygen atoms in total. The topological polar surface area (TPSA) is 50.7 Å². The van der Waals surface area contributed by atoms with E-state index in [1.807, 2.05) is 0 Å². The van der Waals surface area contributed by atoms with E-state index in [1.54, 1.807) is 0 Å². The first kappa shape index (κ1) is 18.6. The largest absolute Gasteiger partial charge is 0.354 e. The Labute approximate surface area is 147 Å². The third-order valence-corrected chi connectivity index (χ3v) is 3.22. The van der Waals surface area contributed by atoms with Crippen LogP contribution in [0.2, 0.25) is 0 Å². The maximum atomic E-state index is 5.76. The molecule has 0 amide bonds. The first-order chi connectivity index (χ1) is 9.14. The van der Waals surface area contributed by atoms with Gasteiger partial charge in [-0.2, -0.15) is 9.97 Å². The quantitative estimate of drug-likeness (QED) is 0.550. The van der Waals surface area contributed by atoms with Crippen molar-refractivity contribution in [1.29, 1.82) is 0 Å². The molecule has 0 aromatic carbocycles. The van der Waals surface area contributed by atoms with Crippen molar-refractivity contribution in [2.45, 2.75) is 33.8 Å². The monoisotopic (exact) mass is 398 g/mol. The van der Waals surface area contributed by atoms with Crippen LogP contribution in [0.3, 0.4) is 0 Å². The predicted molar refractivity (Wildman–Crippen MR) is 86.3 cm³/mol. The summed E-state index contributed by atoms with van der Waals surface area (Å²) in [6.45, 7) is 2.77. The van der Waals surface area contributed by atoms with E-state index in [0.29, 0.717) is 6.54 Å². The fourth-order valence-corrected chi connectivity index (χ4v) is 1.79. The van der Waals surface area contributed by atoms with Gasteiger partial charge in [0.2, 0.25) is 13.5 Å². The van der Waals surface area contributed by atoms with Gasteiger partial charge >= 0.3 is 0 Å². The minimum Gasteiger partial charge on any atom is -0.354 e. The Bertz CT molecular complexity index is 410. The molecule has 1 aromatic rings. The molecule has 0 saturated carbocycles. The Morgan fingerprint density at radius 2 is 1.35 bits per heavy atom. The molecular formula is C10H12Cl6N4. The number of nitrogens with one attached hydrogen (secondary N) is 1. The molecule has 1 aromatic heterocycles. The van der Waals surface area contributed by atoms with Crippen LogP contribution in [0.4, 0.5) is 5.95 Å². The molecule has 0 unspecified atom stereocenters. The average molecular weight is 401 g/mol. The van der Waals surface area contributed by atoms with E-state index in [9.17, 15) is 0 Å². The lowest BCUT2D eigenvalue weighted by atomic mass is 10.2. The number of anilines is 1. The van der Waals surface area contributed by atoms with Crippen LogP contribution in [-0.2, 0) is 7.59 Å². The highest BCUT2D eigenvalue weighted by molar-refractivity contribution is 6.67. The molecule has 0 bridgehead atoms. The van der Waals surface area contributed by atoms with Gasteiger partial charge in [-0.25, -0.2) is 4.98 Å². The standard InChI is InChI=1S/C10H12Cl6N4/c1-2-3-4-5-17-8-19-6(9(11,12)13)18-7(20-8)10(14,15)16/h2-5H2,1H3,(H,17,18,19,20). The fraction of sp³-hybridized carbons (Fsp3) is 0.700. The summed E-state index contributed by atoms with van der Waals surface area (Å²) in [5.74, 6) is 0.00684. The second kappa shape index (κ2) is 7.70. The lowest BCUT2D eigenvalue weighted by Gasteiger charge is -2.16. The average Bonchev–Trinajstić information content (AvgIpc) is 2.32. The summed E-state index contributed by atoms with van der Waals surface area (Å²) in [7, 11) is 0. The van der Waals surface area contributed by atoms with E-state index in [4.69, 9.17) is 69.6 Å². The van der Waals surface area contributed by atoms with Gasteiger partial charge in [-0.3, -0.25) is 0 Å². The zero-order chi connectivity index (χ0) is 15.4. The number of hydrogen-bond donors (Lipinski definition) is 1. The van der Waals surface area contributed by atoms with Crippen molar-refractivity contribution >= 4 is 75.6 Å². The SMILES string of the molecule is CCCCCNc1nc(C(Cl)(Cl)Cl)nc(C(Cl)(Cl)Cl)n1. The van der Waals surface area contributed by atoms with E-state index in [2.05, 4.69) is 27.2 Å². The van der Waals surface area contributed by atoms with E-state index in [1.165, 1.54) is 0 Å². The Balaban J connectivity index is 2.99. The number of hydrogen-bond acceptors (Lipinski definition) is 4. The lowest BCUT2D eigenvalue weighted by molar-refractivity contribution is 0.736. The molecule has 114 valence electrons. The lowest BCUT2D eigenvalue weighted by Crippen LogP contribution is -2.18. The number of halogens is 6. The van der Waals surface area contributed by atoms with Crippen LogP contribution < -0.4 is 5.32 Å². The molecule has 10 heteroatoms.